The van der Waals surface area contributed by atoms with E-state index in [1.807, 2.05) is 0 Å². The van der Waals surface area contributed by atoms with E-state index in [1.165, 1.54) is 24.1 Å². The zero-order valence-corrected chi connectivity index (χ0v) is 11.7. The van der Waals surface area contributed by atoms with Gasteiger partial charge < -0.3 is 5.32 Å². The van der Waals surface area contributed by atoms with E-state index >= 15 is 0 Å². The molecule has 0 radical (unpaired) electrons. The Kier molecular flexibility index (Phi) is 3.57. The first kappa shape index (κ1) is 12.6. The van der Waals surface area contributed by atoms with Gasteiger partial charge in [0.25, 0.3) is 0 Å². The second-order valence-electron chi connectivity index (χ2n) is 5.64. The van der Waals surface area contributed by atoms with Gasteiger partial charge in [0, 0.05) is 11.7 Å². The van der Waals surface area contributed by atoms with E-state index < -0.39 is 0 Å². The maximum absolute atomic E-state index is 4.66. The van der Waals surface area contributed by atoms with Crippen molar-refractivity contribution < 1.29 is 0 Å². The average molecular weight is 235 g/mol. The zero-order valence-electron chi connectivity index (χ0n) is 11.7. The van der Waals surface area contributed by atoms with Gasteiger partial charge in [-0.05, 0) is 58.6 Å². The fourth-order valence-electron chi connectivity index (χ4n) is 2.19. The van der Waals surface area contributed by atoms with E-state index in [1.54, 1.807) is 0 Å². The molecule has 3 nitrogen and oxygen atoms in total. The Balaban J connectivity index is 2.01. The molecule has 1 aromatic heterocycles. The van der Waals surface area contributed by atoms with Crippen molar-refractivity contribution >= 4 is 0 Å². The molecular formula is C14H25N3. The number of nitrogens with zero attached hydrogens (tertiary/aromatic N) is 2. The molecule has 0 amide bonds. The summed E-state index contributed by atoms with van der Waals surface area (Å²) in [6.45, 7) is 12.1. The third-order valence-electron chi connectivity index (χ3n) is 4.20. The smallest absolute Gasteiger partial charge is 0.0625 e. The highest BCUT2D eigenvalue weighted by atomic mass is 15.3. The van der Waals surface area contributed by atoms with Gasteiger partial charge in [0.15, 0.2) is 0 Å². The molecule has 1 heterocycles. The average Bonchev–Trinajstić information content (AvgIpc) is 3.09. The molecule has 2 rings (SSSR count). The maximum atomic E-state index is 4.66. The van der Waals surface area contributed by atoms with Gasteiger partial charge >= 0.3 is 0 Å². The summed E-state index contributed by atoms with van der Waals surface area (Å²) in [5.41, 5.74) is 3.81. The monoisotopic (exact) mass is 235 g/mol. The van der Waals surface area contributed by atoms with Crippen LogP contribution < -0.4 is 5.32 Å². The molecule has 1 aliphatic carbocycles. The second kappa shape index (κ2) is 4.81. The molecule has 0 bridgehead atoms. The van der Waals surface area contributed by atoms with Crippen LogP contribution in [-0.4, -0.2) is 22.4 Å². The first-order valence-electron chi connectivity index (χ1n) is 6.76. The van der Waals surface area contributed by atoms with Crippen LogP contribution in [0.15, 0.2) is 0 Å². The van der Waals surface area contributed by atoms with Crippen molar-refractivity contribution in [2.24, 2.45) is 5.92 Å². The number of nitrogens with one attached hydrogen (secondary N) is 1. The molecule has 1 aliphatic rings. The Morgan fingerprint density at radius 1 is 1.29 bits per heavy atom. The molecule has 1 fully saturated rings. The predicted octanol–water partition coefficient (Wildman–Crippen LogP) is 2.76. The SMILES string of the molecule is Cc1nn(C(C)C(C)CNC2CC2)c(C)c1C. The Labute approximate surface area is 105 Å². The summed E-state index contributed by atoms with van der Waals surface area (Å²) in [4.78, 5) is 0. The van der Waals surface area contributed by atoms with Crippen molar-refractivity contribution in [2.45, 2.75) is 59.5 Å². The van der Waals surface area contributed by atoms with E-state index in [0.29, 0.717) is 12.0 Å². The van der Waals surface area contributed by atoms with Crippen molar-refractivity contribution in [1.82, 2.24) is 15.1 Å². The molecular weight excluding hydrogens is 210 g/mol. The zero-order chi connectivity index (χ0) is 12.6. The number of aromatic nitrogens is 2. The maximum Gasteiger partial charge on any atom is 0.0625 e. The molecule has 0 spiro atoms. The van der Waals surface area contributed by atoms with E-state index in [9.17, 15) is 0 Å². The van der Waals surface area contributed by atoms with Crippen LogP contribution in [0.25, 0.3) is 0 Å². The molecule has 1 saturated carbocycles. The van der Waals surface area contributed by atoms with Gasteiger partial charge in [-0.15, -0.1) is 0 Å². The Hall–Kier alpha value is -0.830. The summed E-state index contributed by atoms with van der Waals surface area (Å²) < 4.78 is 2.20. The van der Waals surface area contributed by atoms with Gasteiger partial charge in [-0.3, -0.25) is 4.68 Å². The lowest BCUT2D eigenvalue weighted by Gasteiger charge is -2.22. The summed E-state index contributed by atoms with van der Waals surface area (Å²) in [5.74, 6) is 0.619. The first-order valence-corrected chi connectivity index (χ1v) is 6.76. The lowest BCUT2D eigenvalue weighted by molar-refractivity contribution is 0.330. The lowest BCUT2D eigenvalue weighted by atomic mass is 10.0. The molecule has 2 unspecified atom stereocenters. The quantitative estimate of drug-likeness (QED) is 0.850. The Morgan fingerprint density at radius 2 is 1.94 bits per heavy atom. The van der Waals surface area contributed by atoms with E-state index in [-0.39, 0.29) is 0 Å². The summed E-state index contributed by atoms with van der Waals surface area (Å²) >= 11 is 0. The number of hydrogen-bond donors (Lipinski definition) is 1. The van der Waals surface area contributed by atoms with Gasteiger partial charge in [0.2, 0.25) is 0 Å². The molecule has 0 aromatic carbocycles. The largest absolute Gasteiger partial charge is 0.314 e. The fourth-order valence-corrected chi connectivity index (χ4v) is 2.19. The van der Waals surface area contributed by atoms with Crippen molar-refractivity contribution in [3.63, 3.8) is 0 Å². The van der Waals surface area contributed by atoms with Crippen LogP contribution in [0.2, 0.25) is 0 Å². The van der Waals surface area contributed by atoms with Crippen molar-refractivity contribution in [2.75, 3.05) is 6.54 Å². The summed E-state index contributed by atoms with van der Waals surface area (Å²) in [6, 6.07) is 1.26. The Bertz CT molecular complexity index is 390. The highest BCUT2D eigenvalue weighted by Gasteiger charge is 2.23. The fraction of sp³-hybridized carbons (Fsp3) is 0.786. The standard InChI is InChI=1S/C14H25N3/c1-9(8-15-14-6-7-14)12(4)17-13(5)10(2)11(3)16-17/h9,12,14-15H,6-8H2,1-5H3. The normalized spacial score (nSPS) is 19.4. The third kappa shape index (κ3) is 2.71. The van der Waals surface area contributed by atoms with Crippen molar-refractivity contribution in [3.05, 3.63) is 17.0 Å². The van der Waals surface area contributed by atoms with Gasteiger partial charge in [-0.25, -0.2) is 0 Å². The van der Waals surface area contributed by atoms with Crippen LogP contribution in [0, 0.1) is 26.7 Å². The van der Waals surface area contributed by atoms with Crippen LogP contribution in [0.4, 0.5) is 0 Å². The minimum Gasteiger partial charge on any atom is -0.314 e. The summed E-state index contributed by atoms with van der Waals surface area (Å²) in [7, 11) is 0. The molecule has 1 N–H and O–H groups in total. The van der Waals surface area contributed by atoms with Crippen LogP contribution in [0.3, 0.4) is 0 Å². The first-order chi connectivity index (χ1) is 8.00. The minimum absolute atomic E-state index is 0.466. The second-order valence-corrected chi connectivity index (χ2v) is 5.64. The van der Waals surface area contributed by atoms with Crippen LogP contribution in [-0.2, 0) is 0 Å². The molecule has 96 valence electrons. The minimum atomic E-state index is 0.466. The van der Waals surface area contributed by atoms with Gasteiger partial charge in [0.1, 0.15) is 0 Å². The number of rotatable bonds is 5. The molecule has 3 heteroatoms. The van der Waals surface area contributed by atoms with Crippen molar-refractivity contribution in [1.29, 1.82) is 0 Å². The number of aryl methyl sites for hydroxylation is 1. The lowest BCUT2D eigenvalue weighted by Crippen LogP contribution is -2.29. The topological polar surface area (TPSA) is 29.9 Å². The predicted molar refractivity (Wildman–Crippen MR) is 71.3 cm³/mol. The Morgan fingerprint density at radius 3 is 2.41 bits per heavy atom. The van der Waals surface area contributed by atoms with E-state index in [4.69, 9.17) is 0 Å². The highest BCUT2D eigenvalue weighted by Crippen LogP contribution is 2.24. The summed E-state index contributed by atoms with van der Waals surface area (Å²) in [5, 5.41) is 8.27. The van der Waals surface area contributed by atoms with Crippen LogP contribution in [0.5, 0.6) is 0 Å². The summed E-state index contributed by atoms with van der Waals surface area (Å²) in [6.07, 6.45) is 2.72. The van der Waals surface area contributed by atoms with Gasteiger partial charge in [0.05, 0.1) is 11.7 Å². The highest BCUT2D eigenvalue weighted by molar-refractivity contribution is 5.22. The van der Waals surface area contributed by atoms with E-state index in [0.717, 1.165) is 18.3 Å². The van der Waals surface area contributed by atoms with Crippen molar-refractivity contribution in [3.8, 4) is 0 Å². The van der Waals surface area contributed by atoms with Gasteiger partial charge in [-0.1, -0.05) is 6.92 Å². The van der Waals surface area contributed by atoms with Crippen LogP contribution in [0.1, 0.15) is 49.7 Å². The molecule has 0 saturated heterocycles. The molecule has 1 aromatic rings. The molecule has 17 heavy (non-hydrogen) atoms. The molecule has 0 aliphatic heterocycles. The third-order valence-corrected chi connectivity index (χ3v) is 4.20. The molecule has 2 atom stereocenters. The van der Waals surface area contributed by atoms with E-state index in [2.05, 4.69) is 49.7 Å². The number of hydrogen-bond acceptors (Lipinski definition) is 2. The van der Waals surface area contributed by atoms with Gasteiger partial charge in [-0.2, -0.15) is 5.10 Å². The van der Waals surface area contributed by atoms with Crippen LogP contribution >= 0.6 is 0 Å².